The van der Waals surface area contributed by atoms with Crippen molar-refractivity contribution in [1.29, 1.82) is 0 Å². The van der Waals surface area contributed by atoms with Crippen LogP contribution in [0.15, 0.2) is 30.5 Å². The van der Waals surface area contributed by atoms with E-state index in [1.165, 1.54) is 22.1 Å². The summed E-state index contributed by atoms with van der Waals surface area (Å²) in [5.74, 6) is -0.201. The van der Waals surface area contributed by atoms with Gasteiger partial charge in [0, 0.05) is 35.7 Å². The van der Waals surface area contributed by atoms with Crippen LogP contribution in [-0.2, 0) is 11.2 Å². The molecule has 0 fully saturated rings. The molecule has 4 N–H and O–H groups in total. The molecule has 2 aliphatic rings. The number of hydrogen-bond acceptors (Lipinski definition) is 5. The average Bonchev–Trinajstić information content (AvgIpc) is 3.06. The molecule has 150 valence electrons. The molecular weight excluding hydrogens is 364 g/mol. The molecule has 2 heterocycles. The van der Waals surface area contributed by atoms with Crippen molar-refractivity contribution in [2.75, 3.05) is 20.2 Å². The van der Waals surface area contributed by atoms with Crippen molar-refractivity contribution in [2.24, 2.45) is 5.92 Å². The molecule has 1 aromatic heterocycles. The highest BCUT2D eigenvalue weighted by atomic mass is 16.9. The number of fused-ring (bicyclic) bond motifs is 2. The number of nitrogens with zero attached hydrogens (tertiary/aromatic N) is 2. The third-order valence-electron chi connectivity index (χ3n) is 5.27. The highest BCUT2D eigenvalue weighted by Crippen LogP contribution is 2.40. The minimum Gasteiger partial charge on any atom is -0.394 e. The Balaban J connectivity index is 0.000000516. The summed E-state index contributed by atoms with van der Waals surface area (Å²) < 4.78 is 0. The number of aliphatic hydroxyl groups is 1. The molecule has 2 aromatic rings. The van der Waals surface area contributed by atoms with Gasteiger partial charge in [-0.3, -0.25) is 9.69 Å². The van der Waals surface area contributed by atoms with Crippen molar-refractivity contribution < 1.29 is 20.2 Å². The van der Waals surface area contributed by atoms with Gasteiger partial charge in [-0.15, -0.1) is 10.1 Å². The quantitative estimate of drug-likeness (QED) is 0.461. The lowest BCUT2D eigenvalue weighted by Gasteiger charge is -2.39. The largest absolute Gasteiger partial charge is 0.394 e. The number of rotatable bonds is 3. The Bertz CT molecular complexity index is 918. The summed E-state index contributed by atoms with van der Waals surface area (Å²) in [5, 5.41) is 27.0. The molecular formula is C19H24N4O5. The van der Waals surface area contributed by atoms with Crippen LogP contribution < -0.4 is 5.32 Å². The highest BCUT2D eigenvalue weighted by Gasteiger charge is 2.35. The summed E-state index contributed by atoms with van der Waals surface area (Å²) in [4.78, 5) is 26.5. The Morgan fingerprint density at radius 2 is 2.21 bits per heavy atom. The third kappa shape index (κ3) is 3.85. The number of likely N-dealkylation sites (N-methyl/N-ethyl adjacent to an activating group) is 1. The zero-order chi connectivity index (χ0) is 20.4. The number of amides is 1. The van der Waals surface area contributed by atoms with Gasteiger partial charge in [-0.05, 0) is 43.2 Å². The predicted octanol–water partition coefficient (Wildman–Crippen LogP) is 1.19. The van der Waals surface area contributed by atoms with E-state index >= 15 is 0 Å². The van der Waals surface area contributed by atoms with E-state index in [-0.39, 0.29) is 24.5 Å². The maximum Gasteiger partial charge on any atom is 0.291 e. The van der Waals surface area contributed by atoms with Crippen molar-refractivity contribution in [1.82, 2.24) is 15.2 Å². The van der Waals surface area contributed by atoms with Crippen LogP contribution in [0.3, 0.4) is 0 Å². The van der Waals surface area contributed by atoms with Crippen molar-refractivity contribution >= 4 is 22.4 Å². The molecule has 3 atom stereocenters. The van der Waals surface area contributed by atoms with Crippen LogP contribution in [-0.4, -0.2) is 63.5 Å². The van der Waals surface area contributed by atoms with Gasteiger partial charge in [-0.2, -0.15) is 0 Å². The van der Waals surface area contributed by atoms with E-state index < -0.39 is 5.09 Å². The fourth-order valence-electron chi connectivity index (χ4n) is 4.01. The van der Waals surface area contributed by atoms with Gasteiger partial charge in [0.25, 0.3) is 5.09 Å². The lowest BCUT2D eigenvalue weighted by molar-refractivity contribution is -0.742. The monoisotopic (exact) mass is 388 g/mol. The Morgan fingerprint density at radius 3 is 2.89 bits per heavy atom. The fraction of sp³-hybridized carbons (Fsp3) is 0.421. The first-order valence-electron chi connectivity index (χ1n) is 9.07. The molecule has 9 heteroatoms. The number of nitrogens with one attached hydrogen (secondary N) is 2. The Labute approximate surface area is 161 Å². The van der Waals surface area contributed by atoms with Crippen LogP contribution in [0.2, 0.25) is 0 Å². The second-order valence-electron chi connectivity index (χ2n) is 7.26. The number of aromatic nitrogens is 1. The van der Waals surface area contributed by atoms with Gasteiger partial charge in [0.1, 0.15) is 0 Å². The normalized spacial score (nSPS) is 21.8. The molecule has 28 heavy (non-hydrogen) atoms. The van der Waals surface area contributed by atoms with Gasteiger partial charge >= 0.3 is 0 Å². The van der Waals surface area contributed by atoms with E-state index in [1.807, 2.05) is 6.92 Å². The third-order valence-corrected chi connectivity index (χ3v) is 5.27. The SMILES string of the molecule is C[C@@H](CO)NC(=O)[C@H]1C=C2c3cccc4[nH]cc(c34)C[C@H]2N(C)C1.O=[N+]([O-])O. The van der Waals surface area contributed by atoms with Crippen LogP contribution in [0.1, 0.15) is 18.1 Å². The molecule has 0 bridgehead atoms. The van der Waals surface area contributed by atoms with Crippen molar-refractivity contribution in [3.05, 3.63) is 51.7 Å². The van der Waals surface area contributed by atoms with Crippen LogP contribution in [0.4, 0.5) is 0 Å². The predicted molar refractivity (Wildman–Crippen MR) is 103 cm³/mol. The molecule has 0 radical (unpaired) electrons. The second kappa shape index (κ2) is 7.99. The van der Waals surface area contributed by atoms with Gasteiger partial charge in [-0.25, -0.2) is 0 Å². The summed E-state index contributed by atoms with van der Waals surface area (Å²) in [6.07, 6.45) is 5.22. The molecule has 1 aliphatic heterocycles. The minimum absolute atomic E-state index is 0.0126. The summed E-state index contributed by atoms with van der Waals surface area (Å²) in [7, 11) is 2.09. The van der Waals surface area contributed by atoms with Crippen LogP contribution in [0.5, 0.6) is 0 Å². The van der Waals surface area contributed by atoms with E-state index in [9.17, 15) is 4.79 Å². The van der Waals surface area contributed by atoms with Crippen molar-refractivity contribution in [2.45, 2.75) is 25.4 Å². The fourth-order valence-corrected chi connectivity index (χ4v) is 4.01. The molecule has 1 aromatic carbocycles. The number of hydrogen-bond donors (Lipinski definition) is 4. The lowest BCUT2D eigenvalue weighted by Crippen LogP contribution is -2.48. The molecule has 0 spiro atoms. The molecule has 0 unspecified atom stereocenters. The Morgan fingerprint density at radius 1 is 1.50 bits per heavy atom. The smallest absolute Gasteiger partial charge is 0.291 e. The summed E-state index contributed by atoms with van der Waals surface area (Å²) in [5.41, 5.74) is 4.99. The summed E-state index contributed by atoms with van der Waals surface area (Å²) in [6, 6.07) is 6.42. The standard InChI is InChI=1S/C19H23N3O2.HNO3/c1-11(10-23)21-19(24)13-6-15-14-4-3-5-16-18(14)12(8-20-16)7-17(15)22(2)9-13;2-1(3)4/h3-6,8,11,13,17,20,23H,7,9-10H2,1-2H3,(H,21,24);(H,2,3,4)/t11-,13-,17+;/m0./s1. The number of aromatic amines is 1. The molecule has 1 amide bonds. The number of carbonyl (C=O) groups is 1. The highest BCUT2D eigenvalue weighted by molar-refractivity contribution is 5.99. The van der Waals surface area contributed by atoms with E-state index in [2.05, 4.69) is 52.7 Å². The van der Waals surface area contributed by atoms with Crippen LogP contribution in [0.25, 0.3) is 16.5 Å². The van der Waals surface area contributed by atoms with Gasteiger partial charge in [0.05, 0.1) is 12.5 Å². The molecule has 1 aliphatic carbocycles. The zero-order valence-corrected chi connectivity index (χ0v) is 15.8. The van der Waals surface area contributed by atoms with Crippen molar-refractivity contribution in [3.63, 3.8) is 0 Å². The van der Waals surface area contributed by atoms with Crippen LogP contribution in [0, 0.1) is 16.0 Å². The Hall–Kier alpha value is -2.91. The average molecular weight is 388 g/mol. The zero-order valence-electron chi connectivity index (χ0n) is 15.8. The second-order valence-corrected chi connectivity index (χ2v) is 7.26. The van der Waals surface area contributed by atoms with E-state index in [1.54, 1.807) is 0 Å². The summed E-state index contributed by atoms with van der Waals surface area (Å²) >= 11 is 0. The molecule has 0 saturated carbocycles. The molecule has 9 nitrogen and oxygen atoms in total. The maximum absolute atomic E-state index is 12.5. The Kier molecular flexibility index (Phi) is 5.66. The first-order chi connectivity index (χ1) is 13.3. The van der Waals surface area contributed by atoms with E-state index in [0.29, 0.717) is 12.6 Å². The summed E-state index contributed by atoms with van der Waals surface area (Å²) in [6.45, 7) is 2.47. The van der Waals surface area contributed by atoms with Gasteiger partial charge < -0.3 is 20.6 Å². The number of H-pyrrole nitrogens is 1. The first kappa shape index (κ1) is 19.8. The van der Waals surface area contributed by atoms with Crippen molar-refractivity contribution in [3.8, 4) is 0 Å². The van der Waals surface area contributed by atoms with Crippen LogP contribution >= 0.6 is 0 Å². The number of carbonyl (C=O) groups excluding carboxylic acids is 1. The van der Waals surface area contributed by atoms with Gasteiger partial charge in [0.2, 0.25) is 5.91 Å². The lowest BCUT2D eigenvalue weighted by atomic mass is 9.80. The topological polar surface area (TPSA) is 132 Å². The van der Waals surface area contributed by atoms with Gasteiger partial charge in [-0.1, -0.05) is 18.2 Å². The molecule has 0 saturated heterocycles. The first-order valence-corrected chi connectivity index (χ1v) is 9.07. The number of aliphatic hydroxyl groups excluding tert-OH is 1. The van der Waals surface area contributed by atoms with E-state index in [0.717, 1.165) is 11.9 Å². The minimum atomic E-state index is -1.50. The van der Waals surface area contributed by atoms with E-state index in [4.69, 9.17) is 20.4 Å². The molecule has 4 rings (SSSR count). The number of benzene rings is 1. The van der Waals surface area contributed by atoms with Gasteiger partial charge in [0.15, 0.2) is 0 Å². The maximum atomic E-state index is 12.5.